The van der Waals surface area contributed by atoms with Gasteiger partial charge >= 0.3 is 0 Å². The zero-order valence-electron chi connectivity index (χ0n) is 6.75. The first-order valence-electron chi connectivity index (χ1n) is 3.17. The van der Waals surface area contributed by atoms with E-state index in [9.17, 15) is 0 Å². The van der Waals surface area contributed by atoms with Crippen LogP contribution in [-0.2, 0) is 9.60 Å². The van der Waals surface area contributed by atoms with Crippen LogP contribution in [0, 0.1) is 13.8 Å². The number of aryl methyl sites for hydroxylation is 2. The van der Waals surface area contributed by atoms with Gasteiger partial charge in [-0.05, 0) is 26.0 Å². The summed E-state index contributed by atoms with van der Waals surface area (Å²) in [6.07, 6.45) is 0. The zero-order chi connectivity index (χ0) is 9.56. The summed E-state index contributed by atoms with van der Waals surface area (Å²) in [5.41, 5.74) is 2.18. The number of hydrogen-bond acceptors (Lipinski definition) is 2. The Morgan fingerprint density at radius 1 is 1.25 bits per heavy atom. The summed E-state index contributed by atoms with van der Waals surface area (Å²) in [5, 5.41) is 0. The van der Waals surface area contributed by atoms with Crippen molar-refractivity contribution in [1.29, 1.82) is 0 Å². The van der Waals surface area contributed by atoms with Crippen molar-refractivity contribution in [1.82, 2.24) is 4.98 Å². The number of pyridine rings is 1. The van der Waals surface area contributed by atoms with Gasteiger partial charge in [0.05, 0.1) is 0 Å². The number of hydrogen-bond donors (Lipinski definition) is 0. The van der Waals surface area contributed by atoms with Crippen molar-refractivity contribution in [2.45, 2.75) is 13.8 Å². The maximum Gasteiger partial charge on any atom is 0.198 e. The Morgan fingerprint density at radius 3 is 1.75 bits per heavy atom. The maximum absolute atomic E-state index is 9.09. The third kappa shape index (κ3) is 8.14. The van der Waals surface area contributed by atoms with E-state index in [-0.39, 0.29) is 0 Å². The molecule has 0 spiro atoms. The van der Waals surface area contributed by atoms with Gasteiger partial charge in [0.25, 0.3) is 0 Å². The molecule has 5 heteroatoms. The van der Waals surface area contributed by atoms with Crippen LogP contribution in [0.15, 0.2) is 18.2 Å². The molecule has 0 amide bonds. The summed E-state index contributed by atoms with van der Waals surface area (Å²) in [7, 11) is 7.36. The van der Waals surface area contributed by atoms with E-state index in [2.05, 4.69) is 26.3 Å². The second kappa shape index (κ2) is 6.54. The van der Waals surface area contributed by atoms with E-state index in [0.29, 0.717) is 0 Å². The Bertz CT molecular complexity index is 212. The molecular formula is C7H9Cl2NOS. The second-order valence-electron chi connectivity index (χ2n) is 2.10. The average molecular weight is 226 g/mol. The molecule has 0 unspecified atom stereocenters. The van der Waals surface area contributed by atoms with Crippen molar-refractivity contribution >= 4 is 31.0 Å². The average Bonchev–Trinajstić information content (AvgIpc) is 1.84. The van der Waals surface area contributed by atoms with Crippen LogP contribution in [0.1, 0.15) is 11.4 Å². The third-order valence-electron chi connectivity index (χ3n) is 1.03. The first-order chi connectivity index (χ1) is 5.52. The Hall–Kier alpha value is 0.0400. The Balaban J connectivity index is 0.000000261. The molecule has 0 atom stereocenters. The molecule has 0 N–H and O–H groups in total. The number of aromatic nitrogens is 1. The SMILES string of the molecule is Cc1cccc(C)n1.[O-][S+](Cl)Cl. The molecule has 1 rings (SSSR count). The van der Waals surface area contributed by atoms with E-state index >= 15 is 0 Å². The fraction of sp³-hybridized carbons (Fsp3) is 0.286. The molecule has 0 bridgehead atoms. The van der Waals surface area contributed by atoms with Crippen LogP contribution in [0.5, 0.6) is 0 Å². The summed E-state index contributed by atoms with van der Waals surface area (Å²) in [6.45, 7) is 3.99. The minimum Gasteiger partial charge on any atom is -0.582 e. The Kier molecular flexibility index (Phi) is 6.57. The molecule has 0 radical (unpaired) electrons. The van der Waals surface area contributed by atoms with Gasteiger partial charge in [-0.15, -0.1) is 0 Å². The van der Waals surface area contributed by atoms with Gasteiger partial charge < -0.3 is 4.55 Å². The van der Waals surface area contributed by atoms with Gasteiger partial charge in [-0.3, -0.25) is 4.98 Å². The number of rotatable bonds is 0. The van der Waals surface area contributed by atoms with Crippen LogP contribution in [0.3, 0.4) is 0 Å². The molecule has 2 nitrogen and oxygen atoms in total. The van der Waals surface area contributed by atoms with Gasteiger partial charge in [-0.1, -0.05) is 6.07 Å². The van der Waals surface area contributed by atoms with Crippen molar-refractivity contribution in [3.63, 3.8) is 0 Å². The lowest BCUT2D eigenvalue weighted by molar-refractivity contribution is 0.620. The highest BCUT2D eigenvalue weighted by Gasteiger charge is 1.83. The lowest BCUT2D eigenvalue weighted by Gasteiger charge is -1.90. The third-order valence-corrected chi connectivity index (χ3v) is 1.03. The molecule has 0 fully saturated rings. The molecule has 1 heterocycles. The summed E-state index contributed by atoms with van der Waals surface area (Å²) in [4.78, 5) is 4.17. The maximum atomic E-state index is 9.09. The fourth-order valence-corrected chi connectivity index (χ4v) is 0.679. The fourth-order valence-electron chi connectivity index (χ4n) is 0.679. The molecule has 1 aromatic heterocycles. The van der Waals surface area contributed by atoms with Gasteiger partial charge in [0, 0.05) is 11.4 Å². The van der Waals surface area contributed by atoms with Crippen molar-refractivity contribution in [2.24, 2.45) is 0 Å². The number of halogens is 2. The topological polar surface area (TPSA) is 36.0 Å². The molecule has 0 aliphatic heterocycles. The van der Waals surface area contributed by atoms with Crippen LogP contribution in [-0.4, -0.2) is 9.54 Å². The van der Waals surface area contributed by atoms with Crippen LogP contribution >= 0.6 is 21.4 Å². The van der Waals surface area contributed by atoms with Gasteiger partial charge in [0.2, 0.25) is 0 Å². The van der Waals surface area contributed by atoms with Gasteiger partial charge in [-0.25, -0.2) is 0 Å². The highest BCUT2D eigenvalue weighted by Crippen LogP contribution is 1.98. The Morgan fingerprint density at radius 2 is 1.58 bits per heavy atom. The van der Waals surface area contributed by atoms with Crippen molar-refractivity contribution < 1.29 is 4.55 Å². The summed E-state index contributed by atoms with van der Waals surface area (Å²) < 4.78 is 9.09. The predicted molar refractivity (Wildman–Crippen MR) is 53.6 cm³/mol. The van der Waals surface area contributed by atoms with E-state index in [1.807, 2.05) is 32.0 Å². The van der Waals surface area contributed by atoms with Gasteiger partial charge in [-0.2, -0.15) is 0 Å². The zero-order valence-corrected chi connectivity index (χ0v) is 9.08. The quantitative estimate of drug-likeness (QED) is 0.637. The largest absolute Gasteiger partial charge is 0.582 e. The normalized spacial score (nSPS) is 9.17. The Labute approximate surface area is 84.1 Å². The summed E-state index contributed by atoms with van der Waals surface area (Å²) in [6, 6.07) is 6.00. The van der Waals surface area contributed by atoms with Crippen LogP contribution in [0.4, 0.5) is 0 Å². The highest BCUT2D eigenvalue weighted by molar-refractivity contribution is 8.31. The predicted octanol–water partition coefficient (Wildman–Crippen LogP) is 2.74. The summed E-state index contributed by atoms with van der Waals surface area (Å²) in [5.74, 6) is 0. The minimum atomic E-state index is -1.67. The van der Waals surface area contributed by atoms with E-state index in [4.69, 9.17) is 4.55 Å². The van der Waals surface area contributed by atoms with Crippen LogP contribution in [0.2, 0.25) is 0 Å². The van der Waals surface area contributed by atoms with Crippen molar-refractivity contribution in [3.05, 3.63) is 29.6 Å². The lowest BCUT2D eigenvalue weighted by Crippen LogP contribution is -1.81. The van der Waals surface area contributed by atoms with E-state index in [0.717, 1.165) is 11.4 Å². The first-order valence-corrected chi connectivity index (χ1v) is 5.97. The molecule has 1 aromatic rings. The molecule has 0 aromatic carbocycles. The second-order valence-corrected chi connectivity index (χ2v) is 4.63. The monoisotopic (exact) mass is 225 g/mol. The van der Waals surface area contributed by atoms with E-state index in [1.54, 1.807) is 0 Å². The van der Waals surface area contributed by atoms with Crippen molar-refractivity contribution in [2.75, 3.05) is 0 Å². The molecule has 0 aliphatic rings. The standard InChI is InChI=1S/C7H9N.Cl2OS/c1-6-4-3-5-7(2)8-6;1-4(2)3/h3-5H,1-2H3;. The smallest absolute Gasteiger partial charge is 0.198 e. The van der Waals surface area contributed by atoms with Crippen molar-refractivity contribution in [3.8, 4) is 0 Å². The van der Waals surface area contributed by atoms with Gasteiger partial charge in [0.1, 0.15) is 0 Å². The van der Waals surface area contributed by atoms with Gasteiger partial charge in [0.15, 0.2) is 31.0 Å². The molecule has 68 valence electrons. The van der Waals surface area contributed by atoms with Crippen LogP contribution in [0.25, 0.3) is 0 Å². The molecule has 0 aliphatic carbocycles. The highest BCUT2D eigenvalue weighted by atomic mass is 36.0. The molecule has 0 saturated carbocycles. The number of nitrogens with zero attached hydrogens (tertiary/aromatic N) is 1. The minimum absolute atomic E-state index is 1.09. The lowest BCUT2D eigenvalue weighted by atomic mass is 10.3. The van der Waals surface area contributed by atoms with Crippen LogP contribution < -0.4 is 0 Å². The molecule has 12 heavy (non-hydrogen) atoms. The first kappa shape index (κ1) is 12.0. The summed E-state index contributed by atoms with van der Waals surface area (Å²) >= 11 is 0. The molecular weight excluding hydrogens is 217 g/mol. The molecule has 0 saturated heterocycles. The van der Waals surface area contributed by atoms with E-state index in [1.165, 1.54) is 0 Å². The van der Waals surface area contributed by atoms with E-state index < -0.39 is 9.60 Å².